The quantitative estimate of drug-likeness (QED) is 0.321. The van der Waals surface area contributed by atoms with Crippen LogP contribution in [0, 0.1) is 12.7 Å². The number of allylic oxidation sites excluding steroid dienone is 1. The van der Waals surface area contributed by atoms with Crippen LogP contribution in [0.15, 0.2) is 83.0 Å². The highest BCUT2D eigenvalue weighted by Crippen LogP contribution is 2.39. The third-order valence-electron chi connectivity index (χ3n) is 5.69. The summed E-state index contributed by atoms with van der Waals surface area (Å²) < 4.78 is 19.1. The number of aromatic nitrogens is 2. The van der Waals surface area contributed by atoms with Gasteiger partial charge in [-0.1, -0.05) is 41.0 Å². The van der Waals surface area contributed by atoms with E-state index in [2.05, 4.69) is 21.5 Å². The zero-order chi connectivity index (χ0) is 23.8. The van der Waals surface area contributed by atoms with E-state index in [0.717, 1.165) is 28.1 Å². The van der Waals surface area contributed by atoms with Crippen LogP contribution >= 0.6 is 23.8 Å². The molecular weight excluding hydrogens is 471 g/mol. The summed E-state index contributed by atoms with van der Waals surface area (Å²) >= 11 is 12.1. The molecule has 1 unspecified atom stereocenters. The minimum absolute atomic E-state index is 0.328. The molecule has 0 spiro atoms. The molecule has 5 nitrogen and oxygen atoms in total. The number of aryl methyl sites for hydroxylation is 1. The molecule has 8 heteroatoms. The van der Waals surface area contributed by atoms with Crippen molar-refractivity contribution in [2.75, 3.05) is 4.90 Å². The molecule has 1 aliphatic heterocycles. The summed E-state index contributed by atoms with van der Waals surface area (Å²) in [6, 6.07) is 21.3. The Morgan fingerprint density at radius 1 is 1.03 bits per heavy atom. The van der Waals surface area contributed by atoms with Gasteiger partial charge in [0.2, 0.25) is 5.82 Å². The summed E-state index contributed by atoms with van der Waals surface area (Å²) in [5.41, 5.74) is 5.24. The lowest BCUT2D eigenvalue weighted by Crippen LogP contribution is -2.46. The van der Waals surface area contributed by atoms with Crippen molar-refractivity contribution in [1.82, 2.24) is 15.5 Å². The van der Waals surface area contributed by atoms with Crippen LogP contribution in [0.4, 0.5) is 10.1 Å². The predicted octanol–water partition coefficient (Wildman–Crippen LogP) is 6.70. The lowest BCUT2D eigenvalue weighted by molar-refractivity contribution is 0.404. The van der Waals surface area contributed by atoms with Crippen LogP contribution in [0.25, 0.3) is 17.0 Å². The van der Waals surface area contributed by atoms with Gasteiger partial charge in [0.25, 0.3) is 5.89 Å². The van der Waals surface area contributed by atoms with Crippen molar-refractivity contribution in [3.63, 3.8) is 0 Å². The molecule has 0 aliphatic carbocycles. The van der Waals surface area contributed by atoms with Crippen molar-refractivity contribution in [3.8, 4) is 11.4 Å². The van der Waals surface area contributed by atoms with Gasteiger partial charge in [-0.05, 0) is 85.7 Å². The second-order valence-corrected chi connectivity index (χ2v) is 8.86. The fraction of sp³-hybridized carbons (Fsp3) is 0.115. The van der Waals surface area contributed by atoms with Gasteiger partial charge in [0, 0.05) is 22.0 Å². The number of hydrogen-bond donors (Lipinski definition) is 1. The molecule has 0 amide bonds. The van der Waals surface area contributed by atoms with E-state index in [1.165, 1.54) is 12.1 Å². The Kier molecular flexibility index (Phi) is 5.89. The van der Waals surface area contributed by atoms with E-state index in [-0.39, 0.29) is 11.9 Å². The number of thiocarbonyl (C=S) groups is 1. The van der Waals surface area contributed by atoms with Gasteiger partial charge in [0.05, 0.1) is 11.6 Å². The van der Waals surface area contributed by atoms with Gasteiger partial charge in [0.15, 0.2) is 5.11 Å². The lowest BCUT2D eigenvalue weighted by atomic mass is 9.94. The zero-order valence-electron chi connectivity index (χ0n) is 18.4. The van der Waals surface area contributed by atoms with Gasteiger partial charge in [-0.15, -0.1) is 0 Å². The first-order chi connectivity index (χ1) is 16.4. The number of halogens is 2. The Balaban J connectivity index is 1.66. The third-order valence-corrected chi connectivity index (χ3v) is 6.22. The molecule has 0 saturated heterocycles. The summed E-state index contributed by atoms with van der Waals surface area (Å²) in [4.78, 5) is 6.61. The van der Waals surface area contributed by atoms with Gasteiger partial charge >= 0.3 is 0 Å². The first kappa shape index (κ1) is 22.3. The normalized spacial score (nSPS) is 16.1. The first-order valence-corrected chi connectivity index (χ1v) is 11.4. The molecule has 3 aromatic carbocycles. The SMILES string of the molecule is CC1=C(c2nc(-c3ccc(F)cc3)no2)C(c2cccc(Cl)c2)NC(=S)N1c1cccc(C)c1. The molecule has 4 aromatic rings. The molecule has 5 rings (SSSR count). The summed E-state index contributed by atoms with van der Waals surface area (Å²) in [5.74, 6) is 0.385. The molecule has 0 bridgehead atoms. The highest BCUT2D eigenvalue weighted by atomic mass is 35.5. The van der Waals surface area contributed by atoms with E-state index in [9.17, 15) is 4.39 Å². The Morgan fingerprint density at radius 2 is 1.79 bits per heavy atom. The molecule has 0 saturated carbocycles. The lowest BCUT2D eigenvalue weighted by Gasteiger charge is -2.37. The average molecular weight is 491 g/mol. The topological polar surface area (TPSA) is 54.2 Å². The Bertz CT molecular complexity index is 1420. The zero-order valence-corrected chi connectivity index (χ0v) is 20.0. The Hall–Kier alpha value is -3.55. The number of nitrogens with zero attached hydrogens (tertiary/aromatic N) is 3. The van der Waals surface area contributed by atoms with Crippen LogP contribution in [0.3, 0.4) is 0 Å². The second-order valence-electron chi connectivity index (χ2n) is 8.04. The fourth-order valence-corrected chi connectivity index (χ4v) is 4.64. The number of benzene rings is 3. The Labute approximate surface area is 206 Å². The maximum absolute atomic E-state index is 13.4. The number of rotatable bonds is 4. The van der Waals surface area contributed by atoms with Crippen LogP contribution in [0.2, 0.25) is 5.02 Å². The number of hydrogen-bond acceptors (Lipinski definition) is 4. The van der Waals surface area contributed by atoms with E-state index in [4.69, 9.17) is 28.3 Å². The number of anilines is 1. The van der Waals surface area contributed by atoms with Crippen molar-refractivity contribution in [2.24, 2.45) is 0 Å². The van der Waals surface area contributed by atoms with Crippen molar-refractivity contribution >= 4 is 40.2 Å². The maximum Gasteiger partial charge on any atom is 0.258 e. The molecule has 1 aromatic heterocycles. The van der Waals surface area contributed by atoms with E-state index in [1.54, 1.807) is 12.1 Å². The van der Waals surface area contributed by atoms with Crippen LogP contribution in [-0.4, -0.2) is 15.3 Å². The third kappa shape index (κ3) is 4.20. The van der Waals surface area contributed by atoms with Gasteiger partial charge < -0.3 is 9.84 Å². The van der Waals surface area contributed by atoms with Gasteiger partial charge in [-0.3, -0.25) is 4.90 Å². The van der Waals surface area contributed by atoms with E-state index in [1.807, 2.05) is 61.2 Å². The maximum atomic E-state index is 13.4. The van der Waals surface area contributed by atoms with Gasteiger partial charge in [-0.2, -0.15) is 4.98 Å². The largest absolute Gasteiger partial charge is 0.351 e. The molecule has 0 radical (unpaired) electrons. The summed E-state index contributed by atoms with van der Waals surface area (Å²) in [5, 5.41) is 8.74. The summed E-state index contributed by atoms with van der Waals surface area (Å²) in [6.45, 7) is 4.01. The molecule has 1 N–H and O–H groups in total. The smallest absolute Gasteiger partial charge is 0.258 e. The molecular formula is C26H20ClFN4OS. The molecule has 2 heterocycles. The molecule has 1 aliphatic rings. The first-order valence-electron chi connectivity index (χ1n) is 10.6. The highest BCUT2D eigenvalue weighted by molar-refractivity contribution is 7.80. The minimum Gasteiger partial charge on any atom is -0.351 e. The van der Waals surface area contributed by atoms with Gasteiger partial charge in [-0.25, -0.2) is 4.39 Å². The van der Waals surface area contributed by atoms with E-state index in [0.29, 0.717) is 27.4 Å². The molecule has 170 valence electrons. The molecule has 34 heavy (non-hydrogen) atoms. The fourth-order valence-electron chi connectivity index (χ4n) is 4.08. The van der Waals surface area contributed by atoms with Crippen molar-refractivity contribution in [1.29, 1.82) is 0 Å². The van der Waals surface area contributed by atoms with Crippen LogP contribution in [0.5, 0.6) is 0 Å². The second kappa shape index (κ2) is 9.00. The predicted molar refractivity (Wildman–Crippen MR) is 136 cm³/mol. The monoisotopic (exact) mass is 490 g/mol. The highest BCUT2D eigenvalue weighted by Gasteiger charge is 2.35. The van der Waals surface area contributed by atoms with Gasteiger partial charge in [0.1, 0.15) is 5.82 Å². The van der Waals surface area contributed by atoms with Crippen LogP contribution in [0.1, 0.15) is 30.0 Å². The molecule has 1 atom stereocenters. The average Bonchev–Trinajstić information content (AvgIpc) is 3.29. The minimum atomic E-state index is -0.353. The van der Waals surface area contributed by atoms with E-state index >= 15 is 0 Å². The van der Waals surface area contributed by atoms with Crippen molar-refractivity contribution in [3.05, 3.63) is 106 Å². The number of nitrogens with one attached hydrogen (secondary N) is 1. The van der Waals surface area contributed by atoms with Crippen molar-refractivity contribution in [2.45, 2.75) is 19.9 Å². The summed E-state index contributed by atoms with van der Waals surface area (Å²) in [7, 11) is 0. The Morgan fingerprint density at radius 3 is 2.53 bits per heavy atom. The van der Waals surface area contributed by atoms with Crippen LogP contribution < -0.4 is 10.2 Å². The van der Waals surface area contributed by atoms with Crippen molar-refractivity contribution < 1.29 is 8.91 Å². The standard InChI is InChI=1S/C26H20ClFN4OS/c1-15-5-3-8-21(13-15)32-16(2)22(23(29-26(32)34)18-6-4-7-19(27)14-18)25-30-24(31-33-25)17-9-11-20(28)12-10-17/h3-14,23H,1-2H3,(H,29,34). The summed E-state index contributed by atoms with van der Waals surface area (Å²) in [6.07, 6.45) is 0. The van der Waals surface area contributed by atoms with Crippen LogP contribution in [-0.2, 0) is 0 Å². The molecule has 0 fully saturated rings. The van der Waals surface area contributed by atoms with E-state index < -0.39 is 0 Å².